The van der Waals surface area contributed by atoms with Crippen LogP contribution in [0.3, 0.4) is 0 Å². The predicted molar refractivity (Wildman–Crippen MR) is 75.2 cm³/mol. The molecule has 2 aromatic rings. The molecule has 0 radical (unpaired) electrons. The number of aryl methyl sites for hydroxylation is 1. The Labute approximate surface area is 118 Å². The van der Waals surface area contributed by atoms with Crippen LogP contribution in [0.2, 0.25) is 0 Å². The summed E-state index contributed by atoms with van der Waals surface area (Å²) >= 11 is 0. The zero-order valence-corrected chi connectivity index (χ0v) is 11.6. The Morgan fingerprint density at radius 1 is 1.30 bits per heavy atom. The van der Waals surface area contributed by atoms with E-state index in [0.29, 0.717) is 6.04 Å². The molecule has 106 valence electrons. The molecule has 1 fully saturated rings. The second-order valence-corrected chi connectivity index (χ2v) is 5.17. The largest absolute Gasteiger partial charge is 0.448 e. The summed E-state index contributed by atoms with van der Waals surface area (Å²) < 4.78 is 5.29. The molecule has 1 aliphatic heterocycles. The third-order valence-electron chi connectivity index (χ3n) is 3.59. The van der Waals surface area contributed by atoms with Crippen LogP contribution in [0.5, 0.6) is 0 Å². The van der Waals surface area contributed by atoms with Gasteiger partial charge in [-0.15, -0.1) is 0 Å². The summed E-state index contributed by atoms with van der Waals surface area (Å²) in [5, 5.41) is 3.48. The Hall–Kier alpha value is -1.95. The minimum Gasteiger partial charge on any atom is -0.448 e. The first-order chi connectivity index (χ1) is 9.79. The van der Waals surface area contributed by atoms with E-state index in [1.165, 1.54) is 0 Å². The number of oxazole rings is 1. The Morgan fingerprint density at radius 2 is 2.15 bits per heavy atom. The third kappa shape index (κ3) is 3.33. The van der Waals surface area contributed by atoms with E-state index in [1.807, 2.05) is 13.0 Å². The average molecular weight is 273 g/mol. The van der Waals surface area contributed by atoms with Crippen LogP contribution in [-0.2, 0) is 6.54 Å². The Kier molecular flexibility index (Phi) is 3.92. The first-order valence-corrected chi connectivity index (χ1v) is 6.95. The molecule has 0 saturated carbocycles. The van der Waals surface area contributed by atoms with E-state index >= 15 is 0 Å². The molecule has 6 heteroatoms. The summed E-state index contributed by atoms with van der Waals surface area (Å²) in [6, 6.07) is 2.46. The van der Waals surface area contributed by atoms with Gasteiger partial charge in [-0.1, -0.05) is 0 Å². The maximum Gasteiger partial charge on any atom is 0.208 e. The van der Waals surface area contributed by atoms with Gasteiger partial charge in [-0.25, -0.2) is 15.0 Å². The maximum absolute atomic E-state index is 5.29. The lowest BCUT2D eigenvalue weighted by Gasteiger charge is -2.31. The van der Waals surface area contributed by atoms with E-state index in [4.69, 9.17) is 4.42 Å². The van der Waals surface area contributed by atoms with Crippen LogP contribution >= 0.6 is 0 Å². The van der Waals surface area contributed by atoms with Crippen LogP contribution in [0.15, 0.2) is 29.3 Å². The van der Waals surface area contributed by atoms with Crippen molar-refractivity contribution in [1.82, 2.24) is 19.9 Å². The quantitative estimate of drug-likeness (QED) is 0.917. The zero-order valence-electron chi connectivity index (χ0n) is 11.6. The molecule has 2 aromatic heterocycles. The Balaban J connectivity index is 1.48. The molecule has 3 rings (SSSR count). The topological polar surface area (TPSA) is 67.1 Å². The number of aromatic nitrogens is 3. The molecule has 0 amide bonds. The molecule has 1 saturated heterocycles. The van der Waals surface area contributed by atoms with Crippen molar-refractivity contribution in [2.45, 2.75) is 32.4 Å². The smallest absolute Gasteiger partial charge is 0.208 e. The SMILES string of the molecule is Cc1cc(NC2CCN(Cc3ncco3)CC2)ncn1. The average Bonchev–Trinajstić information content (AvgIpc) is 2.94. The van der Waals surface area contributed by atoms with Crippen molar-refractivity contribution >= 4 is 5.82 Å². The highest BCUT2D eigenvalue weighted by molar-refractivity contribution is 5.35. The van der Waals surface area contributed by atoms with Gasteiger partial charge >= 0.3 is 0 Å². The highest BCUT2D eigenvalue weighted by Crippen LogP contribution is 2.16. The van der Waals surface area contributed by atoms with Gasteiger partial charge in [-0.05, 0) is 19.8 Å². The Morgan fingerprint density at radius 3 is 2.85 bits per heavy atom. The number of piperidine rings is 1. The lowest BCUT2D eigenvalue weighted by molar-refractivity contribution is 0.193. The van der Waals surface area contributed by atoms with Crippen LogP contribution in [0.25, 0.3) is 0 Å². The first-order valence-electron chi connectivity index (χ1n) is 6.95. The zero-order chi connectivity index (χ0) is 13.8. The standard InChI is InChI=1S/C14H19N5O/c1-11-8-13(17-10-16-11)18-12-2-5-19(6-3-12)9-14-15-4-7-20-14/h4,7-8,10,12H,2-3,5-6,9H2,1H3,(H,16,17,18). The van der Waals surface area contributed by atoms with Gasteiger partial charge in [-0.3, -0.25) is 4.90 Å². The molecule has 0 unspecified atom stereocenters. The van der Waals surface area contributed by atoms with E-state index in [-0.39, 0.29) is 0 Å². The summed E-state index contributed by atoms with van der Waals surface area (Å²) in [5.41, 5.74) is 0.990. The van der Waals surface area contributed by atoms with Crippen molar-refractivity contribution in [3.8, 4) is 0 Å². The first kappa shape index (κ1) is 13.1. The van der Waals surface area contributed by atoms with Crippen LogP contribution < -0.4 is 5.32 Å². The molecule has 0 aromatic carbocycles. The molecule has 0 atom stereocenters. The number of hydrogen-bond donors (Lipinski definition) is 1. The number of anilines is 1. The molecule has 1 N–H and O–H groups in total. The molecule has 6 nitrogen and oxygen atoms in total. The monoisotopic (exact) mass is 273 g/mol. The van der Waals surface area contributed by atoms with Crippen LogP contribution in [0, 0.1) is 6.92 Å². The van der Waals surface area contributed by atoms with Crippen molar-refractivity contribution in [3.05, 3.63) is 36.4 Å². The van der Waals surface area contributed by atoms with Gasteiger partial charge in [0.1, 0.15) is 18.4 Å². The lowest BCUT2D eigenvalue weighted by atomic mass is 10.1. The second-order valence-electron chi connectivity index (χ2n) is 5.17. The summed E-state index contributed by atoms with van der Waals surface area (Å²) in [5.74, 6) is 1.71. The van der Waals surface area contributed by atoms with Gasteiger partial charge in [0.05, 0.1) is 12.7 Å². The lowest BCUT2D eigenvalue weighted by Crippen LogP contribution is -2.38. The molecule has 20 heavy (non-hydrogen) atoms. The molecular weight excluding hydrogens is 254 g/mol. The number of nitrogens with zero attached hydrogens (tertiary/aromatic N) is 4. The van der Waals surface area contributed by atoms with Crippen molar-refractivity contribution in [2.75, 3.05) is 18.4 Å². The summed E-state index contributed by atoms with van der Waals surface area (Å²) in [6.45, 7) is 4.87. The summed E-state index contributed by atoms with van der Waals surface area (Å²) in [6.07, 6.45) is 7.13. The van der Waals surface area contributed by atoms with E-state index in [2.05, 4.69) is 25.2 Å². The van der Waals surface area contributed by atoms with Crippen molar-refractivity contribution in [2.24, 2.45) is 0 Å². The van der Waals surface area contributed by atoms with E-state index in [9.17, 15) is 0 Å². The maximum atomic E-state index is 5.29. The van der Waals surface area contributed by atoms with Crippen molar-refractivity contribution in [1.29, 1.82) is 0 Å². The van der Waals surface area contributed by atoms with Crippen LogP contribution in [0.4, 0.5) is 5.82 Å². The molecule has 3 heterocycles. The second kappa shape index (κ2) is 6.00. The minimum absolute atomic E-state index is 0.477. The van der Waals surface area contributed by atoms with Gasteiger partial charge in [0.15, 0.2) is 0 Å². The minimum atomic E-state index is 0.477. The number of likely N-dealkylation sites (tertiary alicyclic amines) is 1. The van der Waals surface area contributed by atoms with E-state index < -0.39 is 0 Å². The molecular formula is C14H19N5O. The molecule has 0 bridgehead atoms. The fraction of sp³-hybridized carbons (Fsp3) is 0.500. The van der Waals surface area contributed by atoms with Gasteiger partial charge in [0, 0.05) is 30.9 Å². The highest BCUT2D eigenvalue weighted by Gasteiger charge is 2.20. The fourth-order valence-corrected chi connectivity index (χ4v) is 2.50. The molecule has 1 aliphatic rings. The Bertz CT molecular complexity index is 534. The van der Waals surface area contributed by atoms with Crippen LogP contribution in [-0.4, -0.2) is 39.0 Å². The van der Waals surface area contributed by atoms with Gasteiger partial charge in [0.2, 0.25) is 5.89 Å². The summed E-state index contributed by atoms with van der Waals surface area (Å²) in [4.78, 5) is 14.9. The third-order valence-corrected chi connectivity index (χ3v) is 3.59. The number of hydrogen-bond acceptors (Lipinski definition) is 6. The molecule has 0 spiro atoms. The van der Waals surface area contributed by atoms with Crippen LogP contribution in [0.1, 0.15) is 24.4 Å². The normalized spacial score (nSPS) is 17.2. The van der Waals surface area contributed by atoms with Crippen molar-refractivity contribution in [3.63, 3.8) is 0 Å². The predicted octanol–water partition coefficient (Wildman–Crippen LogP) is 1.85. The van der Waals surface area contributed by atoms with Gasteiger partial charge in [0.25, 0.3) is 0 Å². The van der Waals surface area contributed by atoms with E-state index in [1.54, 1.807) is 18.8 Å². The van der Waals surface area contributed by atoms with Gasteiger partial charge < -0.3 is 9.73 Å². The summed E-state index contributed by atoms with van der Waals surface area (Å²) in [7, 11) is 0. The highest BCUT2D eigenvalue weighted by atomic mass is 16.3. The fourth-order valence-electron chi connectivity index (χ4n) is 2.50. The number of nitrogens with one attached hydrogen (secondary N) is 1. The van der Waals surface area contributed by atoms with Gasteiger partial charge in [-0.2, -0.15) is 0 Å². The molecule has 0 aliphatic carbocycles. The number of rotatable bonds is 4. The van der Waals surface area contributed by atoms with E-state index in [0.717, 1.165) is 49.9 Å². The van der Waals surface area contributed by atoms with Crippen molar-refractivity contribution < 1.29 is 4.42 Å².